The van der Waals surface area contributed by atoms with E-state index in [4.69, 9.17) is 11.5 Å². The predicted molar refractivity (Wildman–Crippen MR) is 127 cm³/mol. The molecule has 6 N–H and O–H groups in total. The van der Waals surface area contributed by atoms with E-state index < -0.39 is 0 Å². The van der Waals surface area contributed by atoms with Crippen molar-refractivity contribution in [2.45, 2.75) is 78.8 Å². The largest absolute Gasteiger partial charge is 0.399 e. The summed E-state index contributed by atoms with van der Waals surface area (Å²) in [7, 11) is 0. The van der Waals surface area contributed by atoms with Crippen molar-refractivity contribution in [3.63, 3.8) is 0 Å². The summed E-state index contributed by atoms with van der Waals surface area (Å²) >= 11 is 0. The Balaban J connectivity index is 2.84. The van der Waals surface area contributed by atoms with Gasteiger partial charge in [-0.1, -0.05) is 39.3 Å². The van der Waals surface area contributed by atoms with Crippen LogP contribution in [0.3, 0.4) is 0 Å². The third-order valence-electron chi connectivity index (χ3n) is 5.21. The molecule has 0 amide bonds. The molecule has 0 fully saturated rings. The molecule has 0 aliphatic carbocycles. The van der Waals surface area contributed by atoms with Gasteiger partial charge in [-0.25, -0.2) is 0 Å². The van der Waals surface area contributed by atoms with Gasteiger partial charge < -0.3 is 22.1 Å². The molecule has 1 heterocycles. The maximum atomic E-state index is 6.06. The van der Waals surface area contributed by atoms with Gasteiger partial charge in [0.2, 0.25) is 0 Å². The second kappa shape index (κ2) is 13.0. The van der Waals surface area contributed by atoms with Gasteiger partial charge in [0.25, 0.3) is 0 Å². The first-order valence-electron chi connectivity index (χ1n) is 10.8. The molecule has 1 aromatic heterocycles. The lowest BCUT2D eigenvalue weighted by Crippen LogP contribution is -2.42. The molecule has 0 saturated carbocycles. The third-order valence-corrected chi connectivity index (χ3v) is 5.21. The highest BCUT2D eigenvalue weighted by atomic mass is 15.0. The van der Waals surface area contributed by atoms with Crippen LogP contribution in [0.25, 0.3) is 0 Å². The molecule has 0 radical (unpaired) electrons. The van der Waals surface area contributed by atoms with Crippen molar-refractivity contribution in [2.75, 3.05) is 11.9 Å². The van der Waals surface area contributed by atoms with Gasteiger partial charge in [-0.15, -0.1) is 0 Å². The number of pyridine rings is 1. The van der Waals surface area contributed by atoms with Crippen molar-refractivity contribution in [2.24, 2.45) is 11.5 Å². The lowest BCUT2D eigenvalue weighted by Gasteiger charge is -2.23. The molecular formula is C24H41N5. The number of nitrogens with one attached hydrogen (secondary N) is 2. The molecule has 0 aromatic carbocycles. The molecule has 0 saturated heterocycles. The van der Waals surface area contributed by atoms with E-state index >= 15 is 0 Å². The Labute approximate surface area is 177 Å². The summed E-state index contributed by atoms with van der Waals surface area (Å²) < 4.78 is 0. The topological polar surface area (TPSA) is 89.0 Å². The molecule has 162 valence electrons. The molecule has 0 aliphatic rings. The number of hydrogen-bond acceptors (Lipinski definition) is 5. The summed E-state index contributed by atoms with van der Waals surface area (Å²) in [6.45, 7) is 15.1. The zero-order valence-electron chi connectivity index (χ0n) is 19.0. The third kappa shape index (κ3) is 9.18. The van der Waals surface area contributed by atoms with E-state index in [0.29, 0.717) is 12.2 Å². The number of aromatic nitrogens is 1. The van der Waals surface area contributed by atoms with E-state index in [1.54, 1.807) is 0 Å². The van der Waals surface area contributed by atoms with Gasteiger partial charge in [-0.3, -0.25) is 4.98 Å². The summed E-state index contributed by atoms with van der Waals surface area (Å²) in [4.78, 5) is 4.47. The number of anilines is 1. The van der Waals surface area contributed by atoms with E-state index in [9.17, 15) is 0 Å². The molecule has 1 rings (SSSR count). The summed E-state index contributed by atoms with van der Waals surface area (Å²) in [5, 5.41) is 6.99. The smallest absolute Gasteiger partial charge is 0.0424 e. The van der Waals surface area contributed by atoms with Crippen molar-refractivity contribution >= 4 is 5.69 Å². The number of nitrogens with two attached hydrogens (primary N) is 2. The SMILES string of the molecule is C=C(N)/C(=C/C(C)=C(\C)NC(CC)[C@H](C)N)CNc1ccnc(CCCCC)c1. The minimum atomic E-state index is 0.0931. The van der Waals surface area contributed by atoms with Crippen molar-refractivity contribution in [1.29, 1.82) is 0 Å². The zero-order valence-corrected chi connectivity index (χ0v) is 19.0. The highest BCUT2D eigenvalue weighted by Crippen LogP contribution is 2.15. The Kier molecular flexibility index (Phi) is 11.1. The van der Waals surface area contributed by atoms with Gasteiger partial charge in [-0.05, 0) is 63.3 Å². The van der Waals surface area contributed by atoms with Crippen molar-refractivity contribution < 1.29 is 0 Å². The fourth-order valence-electron chi connectivity index (χ4n) is 3.10. The van der Waals surface area contributed by atoms with Crippen LogP contribution in [0.4, 0.5) is 5.69 Å². The van der Waals surface area contributed by atoms with Crippen LogP contribution in [0.15, 0.2) is 53.5 Å². The van der Waals surface area contributed by atoms with E-state index in [1.165, 1.54) is 19.3 Å². The van der Waals surface area contributed by atoms with Crippen LogP contribution in [0.5, 0.6) is 0 Å². The summed E-state index contributed by atoms with van der Waals surface area (Å²) in [5.74, 6) is 0. The second-order valence-corrected chi connectivity index (χ2v) is 7.87. The van der Waals surface area contributed by atoms with Crippen molar-refractivity contribution in [3.05, 3.63) is 59.2 Å². The van der Waals surface area contributed by atoms with Gasteiger partial charge in [0.05, 0.1) is 0 Å². The van der Waals surface area contributed by atoms with Crippen LogP contribution < -0.4 is 22.1 Å². The Morgan fingerprint density at radius 3 is 2.59 bits per heavy atom. The maximum absolute atomic E-state index is 6.06. The summed E-state index contributed by atoms with van der Waals surface area (Å²) in [6, 6.07) is 4.46. The normalized spacial score (nSPS) is 14.8. The van der Waals surface area contributed by atoms with Gasteiger partial charge in [0.15, 0.2) is 0 Å². The number of hydrogen-bond donors (Lipinski definition) is 4. The predicted octanol–water partition coefficient (Wildman–Crippen LogP) is 4.63. The lowest BCUT2D eigenvalue weighted by atomic mass is 10.1. The number of unbranched alkanes of at least 4 members (excludes halogenated alkanes) is 2. The Morgan fingerprint density at radius 2 is 2.00 bits per heavy atom. The van der Waals surface area contributed by atoms with Crippen LogP contribution in [0, 0.1) is 0 Å². The maximum Gasteiger partial charge on any atom is 0.0424 e. The summed E-state index contributed by atoms with van der Waals surface area (Å²) in [5.41, 5.74) is 18.1. The average Bonchev–Trinajstić information content (AvgIpc) is 2.68. The molecular weight excluding hydrogens is 358 g/mol. The van der Waals surface area contributed by atoms with Crippen molar-refractivity contribution in [1.82, 2.24) is 10.3 Å². The molecule has 5 nitrogen and oxygen atoms in total. The van der Waals surface area contributed by atoms with E-state index in [1.807, 2.05) is 19.2 Å². The molecule has 0 bridgehead atoms. The minimum Gasteiger partial charge on any atom is -0.399 e. The van der Waals surface area contributed by atoms with Crippen LogP contribution in [-0.4, -0.2) is 23.6 Å². The lowest BCUT2D eigenvalue weighted by molar-refractivity contribution is 0.471. The number of allylic oxidation sites excluding steroid dienone is 3. The zero-order chi connectivity index (χ0) is 21.8. The quantitative estimate of drug-likeness (QED) is 0.287. The average molecular weight is 400 g/mol. The number of nitrogens with zero attached hydrogens (tertiary/aromatic N) is 1. The molecule has 0 aliphatic heterocycles. The van der Waals surface area contributed by atoms with E-state index in [0.717, 1.165) is 41.1 Å². The Hall–Kier alpha value is -2.27. The minimum absolute atomic E-state index is 0.0931. The van der Waals surface area contributed by atoms with Gasteiger partial charge in [0.1, 0.15) is 0 Å². The fourth-order valence-corrected chi connectivity index (χ4v) is 3.10. The molecule has 29 heavy (non-hydrogen) atoms. The number of rotatable bonds is 13. The Bertz CT molecular complexity index is 703. The standard InChI is InChI=1S/C24H41N5/c1-7-9-10-11-22-15-23(12-13-27-22)28-16-21(18(4)25)14-17(3)20(6)29-24(8-2)19(5)26/h12-15,19,24,29H,4,7-11,16,25-26H2,1-3,5-6H3,(H,27,28)/b20-17+,21-14+/t19-,24?/m0/s1. The monoisotopic (exact) mass is 399 g/mol. The van der Waals surface area contributed by atoms with Crippen LogP contribution in [0.2, 0.25) is 0 Å². The van der Waals surface area contributed by atoms with E-state index in [2.05, 4.69) is 62.0 Å². The highest BCUT2D eigenvalue weighted by molar-refractivity contribution is 5.47. The van der Waals surface area contributed by atoms with Crippen LogP contribution in [-0.2, 0) is 6.42 Å². The van der Waals surface area contributed by atoms with Gasteiger partial charge in [0, 0.05) is 47.6 Å². The first-order valence-corrected chi connectivity index (χ1v) is 10.8. The first kappa shape index (κ1) is 24.8. The Morgan fingerprint density at radius 1 is 1.28 bits per heavy atom. The van der Waals surface area contributed by atoms with Crippen LogP contribution >= 0.6 is 0 Å². The molecule has 0 spiro atoms. The second-order valence-electron chi connectivity index (χ2n) is 7.87. The first-order chi connectivity index (χ1) is 13.8. The number of aryl methyl sites for hydroxylation is 1. The fraction of sp³-hybridized carbons (Fsp3) is 0.542. The molecule has 5 heteroatoms. The van der Waals surface area contributed by atoms with Gasteiger partial charge in [-0.2, -0.15) is 0 Å². The molecule has 2 atom stereocenters. The van der Waals surface area contributed by atoms with E-state index in [-0.39, 0.29) is 12.1 Å². The van der Waals surface area contributed by atoms with Crippen LogP contribution in [0.1, 0.15) is 66.0 Å². The molecule has 1 aromatic rings. The highest BCUT2D eigenvalue weighted by Gasteiger charge is 2.11. The van der Waals surface area contributed by atoms with Crippen molar-refractivity contribution in [3.8, 4) is 0 Å². The molecule has 1 unspecified atom stereocenters. The van der Waals surface area contributed by atoms with Gasteiger partial charge >= 0.3 is 0 Å². The summed E-state index contributed by atoms with van der Waals surface area (Å²) in [6.07, 6.45) is 9.58.